The van der Waals surface area contributed by atoms with E-state index >= 15 is 0 Å². The van der Waals surface area contributed by atoms with Crippen LogP contribution in [0, 0.1) is 5.92 Å². The molecule has 17 heteroatoms. The van der Waals surface area contributed by atoms with Crippen molar-refractivity contribution in [3.63, 3.8) is 0 Å². The van der Waals surface area contributed by atoms with Crippen molar-refractivity contribution >= 4 is 45.6 Å². The van der Waals surface area contributed by atoms with Gasteiger partial charge >= 0.3 is 12.1 Å². The van der Waals surface area contributed by atoms with Crippen molar-refractivity contribution in [3.8, 4) is 0 Å². The van der Waals surface area contributed by atoms with Crippen LogP contribution in [0.1, 0.15) is 72.3 Å². The number of urea groups is 1. The van der Waals surface area contributed by atoms with Gasteiger partial charge in [-0.05, 0) is 76.5 Å². The van der Waals surface area contributed by atoms with Crippen LogP contribution in [0.25, 0.3) is 0 Å². The Labute approximate surface area is 276 Å². The highest BCUT2D eigenvalue weighted by molar-refractivity contribution is 7.88. The summed E-state index contributed by atoms with van der Waals surface area (Å²) >= 11 is 0. The number of ether oxygens (including phenoxy) is 1. The zero-order chi connectivity index (χ0) is 35.8. The predicted octanol–water partition coefficient (Wildman–Crippen LogP) is 0.804. The van der Waals surface area contributed by atoms with Crippen LogP contribution in [0.3, 0.4) is 0 Å². The molecule has 1 aromatic rings. The third kappa shape index (κ3) is 18.1. The average Bonchev–Trinajstić information content (AvgIpc) is 2.94. The number of carbonyl (C=O) groups is 5. The second-order valence-corrected chi connectivity index (χ2v) is 14.2. The Kier molecular flexibility index (Phi) is 17.2. The summed E-state index contributed by atoms with van der Waals surface area (Å²) in [6.45, 7) is 8.77. The molecule has 0 aliphatic rings. The zero-order valence-corrected chi connectivity index (χ0v) is 28.8. The molecule has 0 radical (unpaired) electrons. The molecule has 0 aromatic heterocycles. The fraction of sp³-hybridized carbons (Fsp3) is 0.633. The van der Waals surface area contributed by atoms with Gasteiger partial charge in [-0.15, -0.1) is 0 Å². The van der Waals surface area contributed by atoms with Gasteiger partial charge in [-0.1, -0.05) is 26.0 Å². The Morgan fingerprint density at radius 3 is 1.98 bits per heavy atom. The minimum Gasteiger partial charge on any atom is -0.444 e. The minimum atomic E-state index is -3.81. The lowest BCUT2D eigenvalue weighted by Gasteiger charge is -2.27. The maximum atomic E-state index is 13.5. The Hall–Kier alpha value is -3.96. The Bertz CT molecular complexity index is 1300. The Morgan fingerprint density at radius 1 is 0.851 bits per heavy atom. The first-order chi connectivity index (χ1) is 21.8. The summed E-state index contributed by atoms with van der Waals surface area (Å²) in [4.78, 5) is 62.9. The summed E-state index contributed by atoms with van der Waals surface area (Å²) in [5, 5.41) is 22.3. The minimum absolute atomic E-state index is 0.0777. The van der Waals surface area contributed by atoms with E-state index in [1.807, 2.05) is 0 Å². The van der Waals surface area contributed by atoms with Crippen molar-refractivity contribution < 1.29 is 42.2 Å². The summed E-state index contributed by atoms with van der Waals surface area (Å²) < 4.78 is 31.6. The molecule has 266 valence electrons. The van der Waals surface area contributed by atoms with E-state index in [2.05, 4.69) is 31.3 Å². The molecule has 6 amide bonds. The van der Waals surface area contributed by atoms with Crippen LogP contribution in [0.2, 0.25) is 0 Å². The maximum absolute atomic E-state index is 13.5. The number of alkyl carbamates (subject to hydrolysis) is 1. The molecule has 9 N–H and O–H groups in total. The first kappa shape index (κ1) is 41.1. The lowest BCUT2D eigenvalue weighted by molar-refractivity contribution is -0.132. The Morgan fingerprint density at radius 2 is 1.45 bits per heavy atom. The molecule has 16 nitrogen and oxygen atoms in total. The maximum Gasteiger partial charge on any atom is 0.407 e. The van der Waals surface area contributed by atoms with Gasteiger partial charge in [0.25, 0.3) is 0 Å². The van der Waals surface area contributed by atoms with Crippen molar-refractivity contribution in [1.29, 1.82) is 0 Å². The number of hydrogen-bond donors (Lipinski definition) is 8. The number of unbranched alkanes of at least 4 members (excludes halogenated alkanes) is 1. The second-order valence-electron chi connectivity index (χ2n) is 12.4. The van der Waals surface area contributed by atoms with Crippen LogP contribution >= 0.6 is 0 Å². The van der Waals surface area contributed by atoms with Gasteiger partial charge in [0.1, 0.15) is 23.7 Å². The quantitative estimate of drug-likeness (QED) is 0.0959. The number of sulfonamides is 1. The highest BCUT2D eigenvalue weighted by Crippen LogP contribution is 2.13. The number of nitrogens with two attached hydrogens (primary N) is 1. The van der Waals surface area contributed by atoms with Crippen molar-refractivity contribution in [3.05, 3.63) is 29.8 Å². The van der Waals surface area contributed by atoms with E-state index in [-0.39, 0.29) is 39.0 Å². The van der Waals surface area contributed by atoms with E-state index in [4.69, 9.17) is 10.5 Å². The molecular formula is C30H51N7O9S. The topological polar surface area (TPSA) is 247 Å². The molecule has 0 spiro atoms. The van der Waals surface area contributed by atoms with Crippen molar-refractivity contribution in [2.24, 2.45) is 11.7 Å². The number of rotatable bonds is 19. The third-order valence-corrected chi connectivity index (χ3v) is 7.23. The molecule has 0 heterocycles. The van der Waals surface area contributed by atoms with Gasteiger partial charge in [-0.3, -0.25) is 14.4 Å². The number of primary amides is 1. The molecule has 0 aliphatic carbocycles. The summed E-state index contributed by atoms with van der Waals surface area (Å²) in [5.41, 5.74) is 5.52. The normalized spacial score (nSPS) is 13.5. The standard InChI is InChI=1S/C30H51N7O9S/c1-19(2)24(36-26(40)23(37-47(6,44)45)10-7-8-16-33-29(43)46-30(3,4)5)27(41)35-22(11-9-17-32-28(31)42)25(39)34-21-14-12-20(18-38)13-15-21/h12-15,19,22-24,37-38H,7-11,16-18H2,1-6H3,(H,33,43)(H,34,39)(H,35,41)(H,36,40)(H3,31,32,42)/t22?,23-,24-/m0/s1. The number of nitrogens with one attached hydrogen (secondary N) is 6. The largest absolute Gasteiger partial charge is 0.444 e. The molecule has 47 heavy (non-hydrogen) atoms. The van der Waals surface area contributed by atoms with Crippen molar-refractivity contribution in [2.75, 3.05) is 24.7 Å². The fourth-order valence-electron chi connectivity index (χ4n) is 4.24. The lowest BCUT2D eigenvalue weighted by atomic mass is 10.0. The van der Waals surface area contributed by atoms with Crippen LogP contribution < -0.4 is 37.0 Å². The van der Waals surface area contributed by atoms with Crippen LogP contribution in [0.5, 0.6) is 0 Å². The van der Waals surface area contributed by atoms with Gasteiger partial charge in [0.05, 0.1) is 12.9 Å². The molecule has 3 atom stereocenters. The number of hydrogen-bond acceptors (Lipinski definition) is 9. The van der Waals surface area contributed by atoms with Gasteiger partial charge in [0, 0.05) is 18.8 Å². The summed E-state index contributed by atoms with van der Waals surface area (Å²) in [7, 11) is -3.81. The number of anilines is 1. The average molecular weight is 686 g/mol. The van der Waals surface area contributed by atoms with Crippen LogP contribution in [0.15, 0.2) is 24.3 Å². The number of aliphatic hydroxyl groups is 1. The molecule has 1 rings (SSSR count). The molecule has 0 aliphatic heterocycles. The molecule has 0 bridgehead atoms. The summed E-state index contributed by atoms with van der Waals surface area (Å²) in [6, 6.07) is 2.29. The second kappa shape index (κ2) is 19.6. The number of carbonyl (C=O) groups excluding carboxylic acids is 5. The first-order valence-electron chi connectivity index (χ1n) is 15.4. The fourth-order valence-corrected chi connectivity index (χ4v) is 4.98. The van der Waals surface area contributed by atoms with Gasteiger partial charge < -0.3 is 42.2 Å². The molecule has 1 aromatic carbocycles. The van der Waals surface area contributed by atoms with Crippen LogP contribution in [-0.4, -0.2) is 86.4 Å². The highest BCUT2D eigenvalue weighted by atomic mass is 32.2. The first-order valence-corrected chi connectivity index (χ1v) is 17.3. The van der Waals surface area contributed by atoms with E-state index in [9.17, 15) is 37.5 Å². The number of aliphatic hydroxyl groups excluding tert-OH is 1. The summed E-state index contributed by atoms with van der Waals surface area (Å²) in [5.74, 6) is -2.42. The van der Waals surface area contributed by atoms with Crippen molar-refractivity contribution in [1.82, 2.24) is 26.0 Å². The number of amides is 6. The molecule has 0 saturated heterocycles. The molecule has 1 unspecified atom stereocenters. The smallest absolute Gasteiger partial charge is 0.407 e. The number of benzene rings is 1. The van der Waals surface area contributed by atoms with Gasteiger partial charge in [-0.25, -0.2) is 22.7 Å². The lowest BCUT2D eigenvalue weighted by Crippen LogP contribution is -2.57. The molecule has 0 saturated carbocycles. The van der Waals surface area contributed by atoms with E-state index in [0.29, 0.717) is 24.1 Å². The predicted molar refractivity (Wildman–Crippen MR) is 176 cm³/mol. The van der Waals surface area contributed by atoms with Crippen LogP contribution in [-0.2, 0) is 35.8 Å². The zero-order valence-electron chi connectivity index (χ0n) is 28.0. The SMILES string of the molecule is CC(C)[C@H](NC(=O)[C@H](CCCCNC(=O)OC(C)(C)C)NS(C)(=O)=O)C(=O)NC(CCCNC(N)=O)C(=O)Nc1ccc(CO)cc1. The van der Waals surface area contributed by atoms with Gasteiger partial charge in [-0.2, -0.15) is 0 Å². The van der Waals surface area contributed by atoms with E-state index in [0.717, 1.165) is 6.26 Å². The van der Waals surface area contributed by atoms with E-state index in [1.165, 1.54) is 0 Å². The van der Waals surface area contributed by atoms with E-state index in [1.54, 1.807) is 58.9 Å². The molecular weight excluding hydrogens is 634 g/mol. The highest BCUT2D eigenvalue weighted by Gasteiger charge is 2.31. The third-order valence-electron chi connectivity index (χ3n) is 6.51. The van der Waals surface area contributed by atoms with Crippen molar-refractivity contribution in [2.45, 2.75) is 97.1 Å². The van der Waals surface area contributed by atoms with Gasteiger partial charge in [0.15, 0.2) is 0 Å². The van der Waals surface area contributed by atoms with E-state index < -0.39 is 69.5 Å². The Balaban J connectivity index is 2.98. The molecule has 0 fully saturated rings. The van der Waals surface area contributed by atoms with Crippen LogP contribution in [0.4, 0.5) is 15.3 Å². The summed E-state index contributed by atoms with van der Waals surface area (Å²) in [6.07, 6.45) is 1.57. The van der Waals surface area contributed by atoms with Gasteiger partial charge in [0.2, 0.25) is 27.7 Å². The monoisotopic (exact) mass is 685 g/mol.